The first-order valence-electron chi connectivity index (χ1n) is 8.10. The fourth-order valence-electron chi connectivity index (χ4n) is 3.01. The number of carbonyl (C=O) groups is 1. The molecule has 1 unspecified atom stereocenters. The van der Waals surface area contributed by atoms with Crippen molar-refractivity contribution in [3.63, 3.8) is 0 Å². The zero-order valence-electron chi connectivity index (χ0n) is 14.4. The Labute approximate surface area is 150 Å². The lowest BCUT2D eigenvalue weighted by molar-refractivity contribution is 0.103. The maximum atomic E-state index is 12.9. The minimum atomic E-state index is -0.112. The van der Waals surface area contributed by atoms with Gasteiger partial charge in [-0.15, -0.1) is 0 Å². The van der Waals surface area contributed by atoms with Crippen LogP contribution in [0.25, 0.3) is 0 Å². The third-order valence-corrected chi connectivity index (χ3v) is 4.81. The molecule has 6 heteroatoms. The predicted molar refractivity (Wildman–Crippen MR) is 97.9 cm³/mol. The number of imidazole rings is 1. The molecule has 2 aromatic heterocycles. The number of ketones is 1. The summed E-state index contributed by atoms with van der Waals surface area (Å²) in [6.45, 7) is 9.37. The van der Waals surface area contributed by atoms with Gasteiger partial charge in [0.15, 0.2) is 0 Å². The van der Waals surface area contributed by atoms with Crippen molar-refractivity contribution >= 4 is 27.9 Å². The van der Waals surface area contributed by atoms with E-state index in [-0.39, 0.29) is 17.2 Å². The number of pyridine rings is 1. The lowest BCUT2D eigenvalue weighted by atomic mass is 9.85. The summed E-state index contributed by atoms with van der Waals surface area (Å²) in [6, 6.07) is 3.73. The van der Waals surface area contributed by atoms with Gasteiger partial charge in [0.2, 0.25) is 5.78 Å². The molecule has 2 aromatic rings. The first-order valence-corrected chi connectivity index (χ1v) is 8.89. The molecule has 0 bridgehead atoms. The van der Waals surface area contributed by atoms with Crippen LogP contribution in [0.3, 0.4) is 0 Å². The van der Waals surface area contributed by atoms with Gasteiger partial charge < -0.3 is 4.57 Å². The van der Waals surface area contributed by atoms with Gasteiger partial charge in [0.1, 0.15) is 16.1 Å². The van der Waals surface area contributed by atoms with E-state index in [9.17, 15) is 4.79 Å². The van der Waals surface area contributed by atoms with Gasteiger partial charge in [-0.2, -0.15) is 0 Å². The molecule has 0 radical (unpaired) electrons. The maximum Gasteiger partial charge on any atom is 0.215 e. The lowest BCUT2D eigenvalue weighted by Gasteiger charge is -2.34. The molecule has 0 amide bonds. The van der Waals surface area contributed by atoms with E-state index in [1.54, 1.807) is 24.5 Å². The number of aromatic nitrogens is 3. The van der Waals surface area contributed by atoms with Crippen LogP contribution in [-0.2, 0) is 6.42 Å². The number of hydrogen-bond donors (Lipinski definition) is 0. The van der Waals surface area contributed by atoms with Crippen molar-refractivity contribution < 1.29 is 4.79 Å². The van der Waals surface area contributed by atoms with Crippen LogP contribution in [0.1, 0.15) is 61.3 Å². The second-order valence-corrected chi connectivity index (χ2v) is 7.87. The highest BCUT2D eigenvalue weighted by Gasteiger charge is 2.34. The van der Waals surface area contributed by atoms with Crippen LogP contribution in [0.5, 0.6) is 0 Å². The summed E-state index contributed by atoms with van der Waals surface area (Å²) in [5.41, 5.74) is 1.85. The summed E-state index contributed by atoms with van der Waals surface area (Å²) >= 11 is 3.29. The van der Waals surface area contributed by atoms with Gasteiger partial charge >= 0.3 is 0 Å². The standard InChI is InChI=1S/C18H21BrN4O/c1-5-15-22-16(17(24)11-6-7-14(19)21-8-11)12-9-20-10-13(23(12)15)18(2,3)4/h6-9,13H,5,10H2,1-4H3. The fraction of sp³-hybridized carbons (Fsp3) is 0.444. The van der Waals surface area contributed by atoms with E-state index in [0.717, 1.165) is 17.9 Å². The minimum Gasteiger partial charge on any atom is -0.321 e. The summed E-state index contributed by atoms with van der Waals surface area (Å²) in [4.78, 5) is 26.2. The quantitative estimate of drug-likeness (QED) is 0.592. The van der Waals surface area contributed by atoms with Gasteiger partial charge in [0.05, 0.1) is 18.3 Å². The average molecular weight is 389 g/mol. The van der Waals surface area contributed by atoms with Crippen molar-refractivity contribution in [3.8, 4) is 0 Å². The summed E-state index contributed by atoms with van der Waals surface area (Å²) in [6.07, 6.45) is 4.14. The zero-order valence-corrected chi connectivity index (χ0v) is 16.0. The van der Waals surface area contributed by atoms with Gasteiger partial charge in [0, 0.05) is 24.4 Å². The molecule has 3 rings (SSSR count). The lowest BCUT2D eigenvalue weighted by Crippen LogP contribution is -2.32. The Hall–Kier alpha value is -1.82. The SMILES string of the molecule is CCc1nc(C(=O)c2ccc(Br)nc2)c2n1C(C(C)(C)C)CN=C2. The van der Waals surface area contributed by atoms with Gasteiger partial charge in [-0.05, 0) is 33.5 Å². The molecule has 24 heavy (non-hydrogen) atoms. The smallest absolute Gasteiger partial charge is 0.215 e. The van der Waals surface area contributed by atoms with Crippen molar-refractivity contribution in [2.45, 2.75) is 40.2 Å². The van der Waals surface area contributed by atoms with Crippen LogP contribution in [-0.4, -0.2) is 33.1 Å². The monoisotopic (exact) mass is 388 g/mol. The molecule has 126 valence electrons. The van der Waals surface area contributed by atoms with E-state index in [1.165, 1.54) is 0 Å². The van der Waals surface area contributed by atoms with Crippen LogP contribution in [0, 0.1) is 5.41 Å². The number of rotatable bonds is 3. The van der Waals surface area contributed by atoms with Gasteiger partial charge in [-0.25, -0.2) is 9.97 Å². The van der Waals surface area contributed by atoms with E-state index < -0.39 is 0 Å². The first-order chi connectivity index (χ1) is 11.3. The summed E-state index contributed by atoms with van der Waals surface area (Å²) in [5.74, 6) is 0.823. The normalized spacial score (nSPS) is 17.0. The third kappa shape index (κ3) is 2.95. The van der Waals surface area contributed by atoms with Crippen LogP contribution >= 0.6 is 15.9 Å². The number of aliphatic imine (C=N–C) groups is 1. The fourth-order valence-corrected chi connectivity index (χ4v) is 3.24. The zero-order chi connectivity index (χ0) is 17.5. The van der Waals surface area contributed by atoms with Gasteiger partial charge in [-0.1, -0.05) is 27.7 Å². The number of aryl methyl sites for hydroxylation is 1. The van der Waals surface area contributed by atoms with E-state index in [0.29, 0.717) is 22.4 Å². The Morgan fingerprint density at radius 3 is 2.71 bits per heavy atom. The molecule has 1 aliphatic rings. The molecule has 3 heterocycles. The Kier molecular flexibility index (Phi) is 4.42. The van der Waals surface area contributed by atoms with Crippen LogP contribution < -0.4 is 0 Å². The molecule has 0 aliphatic carbocycles. The molecule has 0 aromatic carbocycles. The molecule has 0 fully saturated rings. The van der Waals surface area contributed by atoms with Gasteiger partial charge in [-0.3, -0.25) is 9.79 Å². The Morgan fingerprint density at radius 2 is 2.12 bits per heavy atom. The molecule has 0 saturated carbocycles. The molecule has 1 aliphatic heterocycles. The Morgan fingerprint density at radius 1 is 1.38 bits per heavy atom. The number of nitrogens with zero attached hydrogens (tertiary/aromatic N) is 4. The molecular weight excluding hydrogens is 368 g/mol. The molecule has 0 saturated heterocycles. The average Bonchev–Trinajstić information content (AvgIpc) is 2.92. The van der Waals surface area contributed by atoms with E-state index >= 15 is 0 Å². The summed E-state index contributed by atoms with van der Waals surface area (Å²) < 4.78 is 2.90. The van der Waals surface area contributed by atoms with Crippen LogP contribution in [0.4, 0.5) is 0 Å². The van der Waals surface area contributed by atoms with E-state index in [2.05, 4.69) is 63.2 Å². The molecule has 0 N–H and O–H groups in total. The van der Waals surface area contributed by atoms with Crippen LogP contribution in [0.2, 0.25) is 0 Å². The molecular formula is C18H21BrN4O. The van der Waals surface area contributed by atoms with Gasteiger partial charge in [0.25, 0.3) is 0 Å². The second-order valence-electron chi connectivity index (χ2n) is 7.06. The first kappa shape index (κ1) is 17.0. The highest BCUT2D eigenvalue weighted by Crippen LogP contribution is 2.35. The van der Waals surface area contributed by atoms with Crippen molar-refractivity contribution in [2.24, 2.45) is 10.4 Å². The van der Waals surface area contributed by atoms with Crippen LogP contribution in [0.15, 0.2) is 27.9 Å². The van der Waals surface area contributed by atoms with E-state index in [4.69, 9.17) is 0 Å². The largest absolute Gasteiger partial charge is 0.321 e. The Balaban J connectivity index is 2.11. The van der Waals surface area contributed by atoms with Crippen molar-refractivity contribution in [2.75, 3.05) is 6.54 Å². The van der Waals surface area contributed by atoms with Crippen molar-refractivity contribution in [1.82, 2.24) is 14.5 Å². The molecule has 5 nitrogen and oxygen atoms in total. The molecule has 1 atom stereocenters. The highest BCUT2D eigenvalue weighted by atomic mass is 79.9. The number of hydrogen-bond acceptors (Lipinski definition) is 4. The van der Waals surface area contributed by atoms with E-state index in [1.807, 2.05) is 0 Å². The van der Waals surface area contributed by atoms with Crippen molar-refractivity contribution in [3.05, 3.63) is 45.7 Å². The molecule has 0 spiro atoms. The topological polar surface area (TPSA) is 60.1 Å². The number of fused-ring (bicyclic) bond motifs is 1. The van der Waals surface area contributed by atoms with Crippen molar-refractivity contribution in [1.29, 1.82) is 0 Å². The minimum absolute atomic E-state index is 0.0383. The second kappa shape index (κ2) is 6.24. The summed E-state index contributed by atoms with van der Waals surface area (Å²) in [7, 11) is 0. The summed E-state index contributed by atoms with van der Waals surface area (Å²) in [5, 5.41) is 0. The Bertz CT molecular complexity index is 800. The third-order valence-electron chi connectivity index (χ3n) is 4.35. The predicted octanol–water partition coefficient (Wildman–Crippen LogP) is 3.85. The maximum absolute atomic E-state index is 12.9. The number of carbonyl (C=O) groups excluding carboxylic acids is 1. The highest BCUT2D eigenvalue weighted by molar-refractivity contribution is 9.10. The number of halogens is 1.